The first-order chi connectivity index (χ1) is 13.5. The Kier molecular flexibility index (Phi) is 4.88. The predicted octanol–water partition coefficient (Wildman–Crippen LogP) is 4.92. The van der Waals surface area contributed by atoms with Crippen LogP contribution in [-0.4, -0.2) is 21.1 Å². The van der Waals surface area contributed by atoms with E-state index in [2.05, 4.69) is 20.5 Å². The fourth-order valence-corrected chi connectivity index (χ4v) is 3.05. The monoisotopic (exact) mass is 394 g/mol. The SMILES string of the molecule is CC(C)c1nc2cc(C(=O)NCc3cn[nH]c3-c3ccc(Cl)cc3)ccc2o1. The van der Waals surface area contributed by atoms with Gasteiger partial charge in [0.05, 0.1) is 11.9 Å². The van der Waals surface area contributed by atoms with E-state index in [1.807, 2.05) is 38.1 Å². The molecular formula is C21H19ClN4O2. The summed E-state index contributed by atoms with van der Waals surface area (Å²) in [6, 6.07) is 12.7. The summed E-state index contributed by atoms with van der Waals surface area (Å²) in [4.78, 5) is 17.1. The van der Waals surface area contributed by atoms with Crippen molar-refractivity contribution in [1.29, 1.82) is 0 Å². The number of halogens is 1. The maximum Gasteiger partial charge on any atom is 0.251 e. The first-order valence-electron chi connectivity index (χ1n) is 8.98. The maximum atomic E-state index is 12.6. The highest BCUT2D eigenvalue weighted by atomic mass is 35.5. The van der Waals surface area contributed by atoms with Gasteiger partial charge in [-0.15, -0.1) is 0 Å². The molecule has 0 atom stereocenters. The highest BCUT2D eigenvalue weighted by Crippen LogP contribution is 2.24. The van der Waals surface area contributed by atoms with Crippen molar-refractivity contribution in [2.24, 2.45) is 0 Å². The van der Waals surface area contributed by atoms with Gasteiger partial charge >= 0.3 is 0 Å². The standard InChI is InChI=1S/C21H19ClN4O2/c1-12(2)21-25-17-9-14(5-8-18(17)28-21)20(27)23-10-15-11-24-26-19(15)13-3-6-16(22)7-4-13/h3-9,11-12H,10H2,1-2H3,(H,23,27)(H,24,26). The van der Waals surface area contributed by atoms with Crippen LogP contribution in [0.25, 0.3) is 22.4 Å². The lowest BCUT2D eigenvalue weighted by Gasteiger charge is -2.06. The third kappa shape index (κ3) is 3.64. The molecule has 0 saturated carbocycles. The van der Waals surface area contributed by atoms with E-state index in [-0.39, 0.29) is 11.8 Å². The number of nitrogens with zero attached hydrogens (tertiary/aromatic N) is 2. The molecule has 1 amide bonds. The Hall–Kier alpha value is -3.12. The molecule has 0 bridgehead atoms. The molecule has 2 aromatic carbocycles. The van der Waals surface area contributed by atoms with Gasteiger partial charge in [-0.05, 0) is 35.9 Å². The van der Waals surface area contributed by atoms with Gasteiger partial charge in [0, 0.05) is 28.6 Å². The number of H-pyrrole nitrogens is 1. The zero-order chi connectivity index (χ0) is 19.7. The summed E-state index contributed by atoms with van der Waals surface area (Å²) in [5.41, 5.74) is 4.59. The lowest BCUT2D eigenvalue weighted by Crippen LogP contribution is -2.22. The van der Waals surface area contributed by atoms with E-state index in [0.29, 0.717) is 34.1 Å². The molecule has 0 fully saturated rings. The Morgan fingerprint density at radius 1 is 1.21 bits per heavy atom. The minimum Gasteiger partial charge on any atom is -0.440 e. The fourth-order valence-electron chi connectivity index (χ4n) is 2.92. The summed E-state index contributed by atoms with van der Waals surface area (Å²) in [7, 11) is 0. The van der Waals surface area contributed by atoms with Gasteiger partial charge in [0.2, 0.25) is 0 Å². The molecule has 0 spiro atoms. The Bertz CT molecular complexity index is 1130. The van der Waals surface area contributed by atoms with Crippen LogP contribution in [0.1, 0.15) is 41.6 Å². The van der Waals surface area contributed by atoms with Crippen molar-refractivity contribution in [1.82, 2.24) is 20.5 Å². The van der Waals surface area contributed by atoms with Gasteiger partial charge in [-0.25, -0.2) is 4.98 Å². The third-order valence-electron chi connectivity index (χ3n) is 4.45. The first-order valence-corrected chi connectivity index (χ1v) is 9.36. The molecular weight excluding hydrogens is 376 g/mol. The van der Waals surface area contributed by atoms with Gasteiger partial charge in [-0.1, -0.05) is 37.6 Å². The number of oxazole rings is 1. The van der Waals surface area contributed by atoms with E-state index in [0.717, 1.165) is 16.8 Å². The van der Waals surface area contributed by atoms with E-state index in [4.69, 9.17) is 16.0 Å². The Morgan fingerprint density at radius 3 is 2.75 bits per heavy atom. The quantitative estimate of drug-likeness (QED) is 0.503. The van der Waals surface area contributed by atoms with Crippen LogP contribution in [0.5, 0.6) is 0 Å². The molecule has 4 rings (SSSR count). The van der Waals surface area contributed by atoms with Gasteiger partial charge in [-0.2, -0.15) is 5.10 Å². The van der Waals surface area contributed by atoms with E-state index < -0.39 is 0 Å². The molecule has 0 aliphatic rings. The van der Waals surface area contributed by atoms with Crippen molar-refractivity contribution in [2.75, 3.05) is 0 Å². The molecule has 0 saturated heterocycles. The predicted molar refractivity (Wildman–Crippen MR) is 108 cm³/mol. The molecule has 142 valence electrons. The number of carbonyl (C=O) groups excluding carboxylic acids is 1. The van der Waals surface area contributed by atoms with Crippen LogP contribution in [-0.2, 0) is 6.54 Å². The third-order valence-corrected chi connectivity index (χ3v) is 4.70. The van der Waals surface area contributed by atoms with E-state index in [9.17, 15) is 4.79 Å². The molecule has 0 aliphatic heterocycles. The van der Waals surface area contributed by atoms with E-state index in [1.54, 1.807) is 24.4 Å². The number of fused-ring (bicyclic) bond motifs is 1. The normalized spacial score (nSPS) is 11.3. The molecule has 2 heterocycles. The van der Waals surface area contributed by atoms with Gasteiger partial charge in [0.1, 0.15) is 5.52 Å². The van der Waals surface area contributed by atoms with Crippen LogP contribution >= 0.6 is 11.6 Å². The highest BCUT2D eigenvalue weighted by molar-refractivity contribution is 6.30. The largest absolute Gasteiger partial charge is 0.440 e. The van der Waals surface area contributed by atoms with Crippen LogP contribution in [0.4, 0.5) is 0 Å². The van der Waals surface area contributed by atoms with E-state index in [1.165, 1.54) is 0 Å². The second-order valence-corrected chi connectivity index (χ2v) is 7.29. The van der Waals surface area contributed by atoms with Gasteiger partial charge in [0.25, 0.3) is 5.91 Å². The highest BCUT2D eigenvalue weighted by Gasteiger charge is 2.14. The number of benzene rings is 2. The lowest BCUT2D eigenvalue weighted by atomic mass is 10.1. The second-order valence-electron chi connectivity index (χ2n) is 6.85. The van der Waals surface area contributed by atoms with Gasteiger partial charge in [-0.3, -0.25) is 9.89 Å². The molecule has 7 heteroatoms. The summed E-state index contributed by atoms with van der Waals surface area (Å²) in [6.45, 7) is 4.38. The summed E-state index contributed by atoms with van der Waals surface area (Å²) >= 11 is 5.95. The summed E-state index contributed by atoms with van der Waals surface area (Å²) in [5, 5.41) is 10.7. The summed E-state index contributed by atoms with van der Waals surface area (Å²) < 4.78 is 5.69. The second kappa shape index (κ2) is 7.48. The van der Waals surface area contributed by atoms with Crippen molar-refractivity contribution in [2.45, 2.75) is 26.3 Å². The van der Waals surface area contributed by atoms with Crippen molar-refractivity contribution < 1.29 is 9.21 Å². The maximum absolute atomic E-state index is 12.6. The molecule has 2 N–H and O–H groups in total. The average Bonchev–Trinajstić information content (AvgIpc) is 3.33. The van der Waals surface area contributed by atoms with Gasteiger partial charge < -0.3 is 9.73 Å². The van der Waals surface area contributed by atoms with E-state index >= 15 is 0 Å². The number of amides is 1. The fraction of sp³-hybridized carbons (Fsp3) is 0.190. The number of nitrogens with one attached hydrogen (secondary N) is 2. The number of hydrogen-bond donors (Lipinski definition) is 2. The van der Waals surface area contributed by atoms with Crippen LogP contribution < -0.4 is 5.32 Å². The molecule has 0 radical (unpaired) electrons. The lowest BCUT2D eigenvalue weighted by molar-refractivity contribution is 0.0951. The minimum atomic E-state index is -0.181. The molecule has 6 nitrogen and oxygen atoms in total. The van der Waals surface area contributed by atoms with Crippen molar-refractivity contribution in [3.8, 4) is 11.3 Å². The van der Waals surface area contributed by atoms with Crippen molar-refractivity contribution in [3.05, 3.63) is 70.7 Å². The molecule has 0 unspecified atom stereocenters. The number of aromatic amines is 1. The average molecular weight is 395 g/mol. The smallest absolute Gasteiger partial charge is 0.251 e. The number of hydrogen-bond acceptors (Lipinski definition) is 4. The number of rotatable bonds is 5. The Balaban J connectivity index is 1.50. The minimum absolute atomic E-state index is 0.181. The van der Waals surface area contributed by atoms with Crippen molar-refractivity contribution >= 4 is 28.6 Å². The zero-order valence-corrected chi connectivity index (χ0v) is 16.2. The van der Waals surface area contributed by atoms with Crippen LogP contribution in [0.3, 0.4) is 0 Å². The molecule has 4 aromatic rings. The summed E-state index contributed by atoms with van der Waals surface area (Å²) in [6.07, 6.45) is 1.71. The summed E-state index contributed by atoms with van der Waals surface area (Å²) in [5.74, 6) is 0.676. The zero-order valence-electron chi connectivity index (χ0n) is 15.5. The van der Waals surface area contributed by atoms with Crippen LogP contribution in [0, 0.1) is 0 Å². The molecule has 28 heavy (non-hydrogen) atoms. The first kappa shape index (κ1) is 18.3. The van der Waals surface area contributed by atoms with Crippen LogP contribution in [0.15, 0.2) is 53.1 Å². The van der Waals surface area contributed by atoms with Crippen LogP contribution in [0.2, 0.25) is 5.02 Å². The number of aromatic nitrogens is 3. The molecule has 2 aromatic heterocycles. The Morgan fingerprint density at radius 2 is 2.00 bits per heavy atom. The Labute approximate surface area is 166 Å². The number of carbonyl (C=O) groups is 1. The topological polar surface area (TPSA) is 83.8 Å². The molecule has 0 aliphatic carbocycles. The van der Waals surface area contributed by atoms with Crippen molar-refractivity contribution in [3.63, 3.8) is 0 Å². The van der Waals surface area contributed by atoms with Gasteiger partial charge in [0.15, 0.2) is 11.5 Å².